The minimum absolute atomic E-state index is 0.0340. The van der Waals surface area contributed by atoms with Crippen molar-refractivity contribution in [2.24, 2.45) is 0 Å². The number of aromatic amines is 1. The summed E-state index contributed by atoms with van der Waals surface area (Å²) in [7, 11) is 0. The van der Waals surface area contributed by atoms with Gasteiger partial charge in [-0.1, -0.05) is 47.5 Å². The number of pyridine rings is 1. The van der Waals surface area contributed by atoms with E-state index in [0.717, 1.165) is 22.5 Å². The quantitative estimate of drug-likeness (QED) is 0.261. The van der Waals surface area contributed by atoms with Gasteiger partial charge in [0.15, 0.2) is 0 Å². The number of anilines is 2. The van der Waals surface area contributed by atoms with Gasteiger partial charge in [0.1, 0.15) is 27.2 Å². The number of nitrogens with one attached hydrogen (secondary N) is 1. The molecule has 0 amide bonds. The van der Waals surface area contributed by atoms with Crippen LogP contribution >= 0.6 is 11.3 Å². The number of hydrogen-bond donors (Lipinski definition) is 3. The van der Waals surface area contributed by atoms with Crippen molar-refractivity contribution in [2.45, 2.75) is 13.8 Å². The van der Waals surface area contributed by atoms with Crippen molar-refractivity contribution in [3.63, 3.8) is 0 Å². The maximum absolute atomic E-state index is 13.6. The number of carbonyl (C=O) groups excluding carboxylic acids is 1. The summed E-state index contributed by atoms with van der Waals surface area (Å²) in [6.07, 6.45) is 0. The number of aromatic nitrogens is 3. The molecule has 9 nitrogen and oxygen atoms in total. The van der Waals surface area contributed by atoms with Gasteiger partial charge in [0, 0.05) is 23.1 Å². The molecule has 0 aliphatic carbocycles. The predicted molar refractivity (Wildman–Crippen MR) is 132 cm³/mol. The molecule has 0 unspecified atom stereocenters. The first kappa shape index (κ1) is 22.1. The van der Waals surface area contributed by atoms with Crippen molar-refractivity contribution in [3.8, 4) is 22.9 Å². The Hall–Kier alpha value is -4.75. The number of nitriles is 1. The molecule has 3 heterocycles. The third kappa shape index (κ3) is 3.55. The Kier molecular flexibility index (Phi) is 5.19. The predicted octanol–water partition coefficient (Wildman–Crippen LogP) is 3.41. The molecule has 0 radical (unpaired) electrons. The van der Waals surface area contributed by atoms with E-state index in [4.69, 9.17) is 16.0 Å². The van der Waals surface area contributed by atoms with Crippen molar-refractivity contribution < 1.29 is 14.0 Å². The fourth-order valence-electron chi connectivity index (χ4n) is 3.91. The van der Waals surface area contributed by atoms with Crippen molar-refractivity contribution in [2.75, 3.05) is 11.5 Å². The van der Waals surface area contributed by atoms with Crippen molar-refractivity contribution in [1.29, 1.82) is 5.26 Å². The van der Waals surface area contributed by atoms with Gasteiger partial charge < -0.3 is 11.5 Å². The van der Waals surface area contributed by atoms with Gasteiger partial charge in [0.2, 0.25) is 5.69 Å². The Balaban J connectivity index is 1.75. The zero-order valence-corrected chi connectivity index (χ0v) is 19.6. The number of H-pyrrole nitrogens is 1. The first-order valence-corrected chi connectivity index (χ1v) is 11.4. The van der Waals surface area contributed by atoms with E-state index in [2.05, 4.69) is 16.3 Å². The van der Waals surface area contributed by atoms with Gasteiger partial charge in [0.05, 0.1) is 5.69 Å². The minimum atomic E-state index is -0.837. The Morgan fingerprint density at radius 3 is 2.34 bits per heavy atom. The Bertz CT molecular complexity index is 1720. The van der Waals surface area contributed by atoms with Gasteiger partial charge in [0.25, 0.3) is 5.78 Å². The lowest BCUT2D eigenvalue weighted by molar-refractivity contribution is -0.672. The minimum Gasteiger partial charge on any atom is -0.397 e. The lowest BCUT2D eigenvalue weighted by atomic mass is 9.96. The summed E-state index contributed by atoms with van der Waals surface area (Å²) in [4.78, 5) is 31.0. The average molecular weight is 484 g/mol. The molecule has 172 valence electrons. The van der Waals surface area contributed by atoms with E-state index in [1.54, 1.807) is 12.1 Å². The van der Waals surface area contributed by atoms with Crippen LogP contribution in [0.2, 0.25) is 0 Å². The van der Waals surface area contributed by atoms with E-state index in [9.17, 15) is 14.9 Å². The van der Waals surface area contributed by atoms with Crippen LogP contribution in [0.3, 0.4) is 0 Å². The zero-order chi connectivity index (χ0) is 24.9. The van der Waals surface area contributed by atoms with Gasteiger partial charge in [-0.15, -0.1) is 11.3 Å². The van der Waals surface area contributed by atoms with E-state index in [0.29, 0.717) is 27.0 Å². The van der Waals surface area contributed by atoms with Gasteiger partial charge >= 0.3 is 11.3 Å². The van der Waals surface area contributed by atoms with Crippen LogP contribution in [0.15, 0.2) is 57.8 Å². The molecule has 3 aromatic heterocycles. The number of fused-ring (bicyclic) bond motifs is 1. The average Bonchev–Trinajstić information content (AvgIpc) is 3.38. The lowest BCUT2D eigenvalue weighted by Crippen LogP contribution is -2.41. The van der Waals surface area contributed by atoms with Crippen LogP contribution in [0.25, 0.3) is 27.0 Å². The smallest absolute Gasteiger partial charge is 0.397 e. The highest BCUT2D eigenvalue weighted by Crippen LogP contribution is 2.43. The number of hydrogen-bond acceptors (Lipinski definition) is 8. The number of nitrogen functional groups attached to an aromatic ring is 2. The number of nitrogens with zero attached hydrogens (tertiary/aromatic N) is 3. The molecular weight excluding hydrogens is 464 g/mol. The van der Waals surface area contributed by atoms with E-state index in [1.807, 2.05) is 50.2 Å². The molecule has 5 rings (SSSR count). The van der Waals surface area contributed by atoms with Crippen LogP contribution in [0.1, 0.15) is 32.1 Å². The SMILES string of the molecule is Cc1ccc(-c2c(C#N)c(N)nc3sc(C(=O)c4c(=O)o[nH][n+]4-c4ccc(C)cc4)c(N)c23)cc1. The highest BCUT2D eigenvalue weighted by atomic mass is 32.1. The molecule has 0 saturated heterocycles. The molecular formula is C25H19N6O3S+. The summed E-state index contributed by atoms with van der Waals surface area (Å²) in [5.74, 6) is -0.597. The first-order chi connectivity index (χ1) is 16.8. The van der Waals surface area contributed by atoms with Gasteiger partial charge in [-0.05, 0) is 29.4 Å². The first-order valence-electron chi connectivity index (χ1n) is 10.5. The molecule has 2 aromatic carbocycles. The van der Waals surface area contributed by atoms with Crippen LogP contribution in [0.5, 0.6) is 0 Å². The second kappa shape index (κ2) is 8.23. The normalized spacial score (nSPS) is 11.0. The molecule has 0 bridgehead atoms. The van der Waals surface area contributed by atoms with E-state index in [-0.39, 0.29) is 27.6 Å². The number of benzene rings is 2. The maximum atomic E-state index is 13.6. The highest BCUT2D eigenvalue weighted by molar-refractivity contribution is 7.21. The maximum Gasteiger partial charge on any atom is 0.439 e. The molecule has 35 heavy (non-hydrogen) atoms. The van der Waals surface area contributed by atoms with Crippen LogP contribution in [0.4, 0.5) is 11.5 Å². The van der Waals surface area contributed by atoms with Gasteiger partial charge in [-0.3, -0.25) is 9.32 Å². The van der Waals surface area contributed by atoms with E-state index >= 15 is 0 Å². The summed E-state index contributed by atoms with van der Waals surface area (Å²) >= 11 is 1.01. The fourth-order valence-corrected chi connectivity index (χ4v) is 4.96. The molecule has 0 aliphatic heterocycles. The molecule has 0 aliphatic rings. The zero-order valence-electron chi connectivity index (χ0n) is 18.7. The summed E-state index contributed by atoms with van der Waals surface area (Å²) in [6, 6.07) is 16.8. The number of rotatable bonds is 4. The number of nitrogens with two attached hydrogens (primary N) is 2. The number of aryl methyl sites for hydroxylation is 2. The molecule has 5 aromatic rings. The topological polar surface area (TPSA) is 156 Å². The Morgan fingerprint density at radius 1 is 1.09 bits per heavy atom. The molecule has 10 heteroatoms. The molecule has 0 spiro atoms. The number of carbonyl (C=O) groups is 1. The Morgan fingerprint density at radius 2 is 1.71 bits per heavy atom. The molecule has 5 N–H and O–H groups in total. The number of thiophene rings is 1. The van der Waals surface area contributed by atoms with Crippen LogP contribution in [-0.4, -0.2) is 16.0 Å². The summed E-state index contributed by atoms with van der Waals surface area (Å²) < 4.78 is 6.22. The lowest BCUT2D eigenvalue weighted by Gasteiger charge is -2.10. The molecule has 0 saturated carbocycles. The third-order valence-corrected chi connectivity index (χ3v) is 6.82. The Labute approximate surface area is 202 Å². The van der Waals surface area contributed by atoms with Crippen LogP contribution < -0.4 is 21.8 Å². The fraction of sp³-hybridized carbons (Fsp3) is 0.0800. The van der Waals surface area contributed by atoms with E-state index < -0.39 is 11.4 Å². The van der Waals surface area contributed by atoms with Crippen molar-refractivity contribution in [3.05, 3.63) is 86.2 Å². The second-order valence-corrected chi connectivity index (χ2v) is 9.08. The van der Waals surface area contributed by atoms with E-state index in [1.165, 1.54) is 4.68 Å². The monoisotopic (exact) mass is 483 g/mol. The summed E-state index contributed by atoms with van der Waals surface area (Å²) in [6.45, 7) is 3.88. The van der Waals surface area contributed by atoms with Gasteiger partial charge in [-0.25, -0.2) is 9.78 Å². The number of ketones is 1. The summed E-state index contributed by atoms with van der Waals surface area (Å²) in [5, 5.41) is 12.7. The third-order valence-electron chi connectivity index (χ3n) is 5.72. The van der Waals surface area contributed by atoms with Crippen LogP contribution in [-0.2, 0) is 0 Å². The highest BCUT2D eigenvalue weighted by Gasteiger charge is 2.35. The standard InChI is InChI=1S/C25H18N6O3S/c1-12-3-7-14(8-4-12)17-16(11-26)23(28)29-24-18(17)19(27)22(35-24)21(32)20-25(33)34-30-31(20)15-9-5-13(2)6-10-15/h3-10H,1-2H3,(H4-,27,28,29,30,32,33)/p+1. The van der Waals surface area contributed by atoms with Crippen molar-refractivity contribution >= 4 is 38.8 Å². The summed E-state index contributed by atoms with van der Waals surface area (Å²) in [5.41, 5.74) is 15.6. The van der Waals surface area contributed by atoms with Gasteiger partial charge in [-0.2, -0.15) is 5.26 Å². The van der Waals surface area contributed by atoms with Crippen molar-refractivity contribution in [1.82, 2.24) is 10.3 Å². The molecule has 0 fully saturated rings. The largest absolute Gasteiger partial charge is 0.439 e. The second-order valence-electron chi connectivity index (χ2n) is 8.08. The molecule has 0 atom stereocenters. The van der Waals surface area contributed by atoms with Crippen LogP contribution in [0, 0.1) is 25.2 Å².